The lowest BCUT2D eigenvalue weighted by Gasteiger charge is -2.08. The molecule has 1 aliphatic heterocycles. The van der Waals surface area contributed by atoms with E-state index in [0.29, 0.717) is 25.5 Å². The molecular weight excluding hydrogens is 220 g/mol. The predicted octanol–water partition coefficient (Wildman–Crippen LogP) is 0.418. The summed E-state index contributed by atoms with van der Waals surface area (Å²) < 4.78 is 5.35. The Kier molecular flexibility index (Phi) is 3.39. The number of rotatable bonds is 4. The number of nitrogens with two attached hydrogens (primary N) is 1. The fourth-order valence-electron chi connectivity index (χ4n) is 1.68. The Morgan fingerprint density at radius 2 is 2.41 bits per heavy atom. The molecule has 0 aliphatic carbocycles. The minimum Gasteiger partial charge on any atom is -0.480 e. The number of aliphatic carboxylic acids is 1. The van der Waals surface area contributed by atoms with Crippen LogP contribution in [0.3, 0.4) is 0 Å². The van der Waals surface area contributed by atoms with Crippen LogP contribution in [0.2, 0.25) is 0 Å². The molecule has 1 aromatic carbocycles. The molecule has 0 spiro atoms. The van der Waals surface area contributed by atoms with E-state index in [2.05, 4.69) is 4.99 Å². The zero-order valence-corrected chi connectivity index (χ0v) is 9.30. The van der Waals surface area contributed by atoms with Crippen molar-refractivity contribution in [3.8, 4) is 0 Å². The third kappa shape index (κ3) is 2.82. The maximum absolute atomic E-state index is 10.7. The van der Waals surface area contributed by atoms with Crippen LogP contribution in [-0.4, -0.2) is 36.2 Å². The van der Waals surface area contributed by atoms with Gasteiger partial charge in [-0.2, -0.15) is 0 Å². The van der Waals surface area contributed by atoms with Gasteiger partial charge in [-0.1, -0.05) is 12.1 Å². The largest absolute Gasteiger partial charge is 0.480 e. The molecule has 90 valence electrons. The number of carbonyl (C=O) groups is 1. The van der Waals surface area contributed by atoms with Crippen molar-refractivity contribution in [2.45, 2.75) is 12.5 Å². The number of benzene rings is 1. The number of ether oxygens (including phenoxy) is 1. The van der Waals surface area contributed by atoms with Crippen molar-refractivity contribution in [1.82, 2.24) is 0 Å². The zero-order chi connectivity index (χ0) is 12.3. The predicted molar refractivity (Wildman–Crippen MR) is 63.1 cm³/mol. The average molecular weight is 234 g/mol. The topological polar surface area (TPSA) is 84.9 Å². The van der Waals surface area contributed by atoms with Crippen molar-refractivity contribution in [2.75, 3.05) is 13.2 Å². The summed E-state index contributed by atoms with van der Waals surface area (Å²) in [5, 5.41) is 8.75. The third-order valence-corrected chi connectivity index (χ3v) is 2.53. The number of hydrogen-bond donors (Lipinski definition) is 2. The standard InChI is InChI=1S/C12H14N2O3/c13-10(12(15)16)7-8-2-1-3-9(6-8)11-14-4-5-17-11/h1-3,6,10H,4-5,7,13H2,(H,15,16). The number of carboxylic acid groups (broad SMARTS) is 1. The van der Waals surface area contributed by atoms with Crippen LogP contribution in [-0.2, 0) is 16.0 Å². The molecule has 2 rings (SSSR count). The van der Waals surface area contributed by atoms with Gasteiger partial charge in [0.2, 0.25) is 5.90 Å². The first kappa shape index (κ1) is 11.6. The molecule has 5 nitrogen and oxygen atoms in total. The Morgan fingerprint density at radius 1 is 1.59 bits per heavy atom. The molecule has 0 radical (unpaired) electrons. The highest BCUT2D eigenvalue weighted by molar-refractivity contribution is 5.95. The highest BCUT2D eigenvalue weighted by Crippen LogP contribution is 2.11. The number of aliphatic imine (C=N–C) groups is 1. The summed E-state index contributed by atoms with van der Waals surface area (Å²) in [4.78, 5) is 14.9. The molecule has 1 atom stereocenters. The molecule has 1 heterocycles. The van der Waals surface area contributed by atoms with E-state index in [-0.39, 0.29) is 0 Å². The van der Waals surface area contributed by atoms with E-state index in [1.165, 1.54) is 0 Å². The van der Waals surface area contributed by atoms with E-state index < -0.39 is 12.0 Å². The Bertz CT molecular complexity index is 457. The van der Waals surface area contributed by atoms with E-state index in [9.17, 15) is 4.79 Å². The molecule has 0 aromatic heterocycles. The van der Waals surface area contributed by atoms with E-state index in [0.717, 1.165) is 11.1 Å². The molecule has 1 unspecified atom stereocenters. The van der Waals surface area contributed by atoms with Crippen LogP contribution in [0, 0.1) is 0 Å². The van der Waals surface area contributed by atoms with Gasteiger partial charge in [-0.25, -0.2) is 4.99 Å². The van der Waals surface area contributed by atoms with Crippen molar-refractivity contribution in [2.24, 2.45) is 10.7 Å². The second-order valence-electron chi connectivity index (χ2n) is 3.88. The molecule has 0 saturated heterocycles. The summed E-state index contributed by atoms with van der Waals surface area (Å²) >= 11 is 0. The van der Waals surface area contributed by atoms with Gasteiger partial charge in [-0.05, 0) is 24.1 Å². The van der Waals surface area contributed by atoms with Crippen LogP contribution in [0.25, 0.3) is 0 Å². The lowest BCUT2D eigenvalue weighted by Crippen LogP contribution is -2.32. The molecule has 0 fully saturated rings. The monoisotopic (exact) mass is 234 g/mol. The number of nitrogens with zero attached hydrogens (tertiary/aromatic N) is 1. The van der Waals surface area contributed by atoms with Crippen molar-refractivity contribution < 1.29 is 14.6 Å². The minimum absolute atomic E-state index is 0.302. The lowest BCUT2D eigenvalue weighted by atomic mass is 10.0. The summed E-state index contributed by atoms with van der Waals surface area (Å²) in [6.45, 7) is 1.28. The van der Waals surface area contributed by atoms with E-state index >= 15 is 0 Å². The summed E-state index contributed by atoms with van der Waals surface area (Å²) in [7, 11) is 0. The van der Waals surface area contributed by atoms with Crippen molar-refractivity contribution in [3.63, 3.8) is 0 Å². The molecule has 0 saturated carbocycles. The van der Waals surface area contributed by atoms with Crippen molar-refractivity contribution in [3.05, 3.63) is 35.4 Å². The van der Waals surface area contributed by atoms with Crippen molar-refractivity contribution in [1.29, 1.82) is 0 Å². The second-order valence-corrected chi connectivity index (χ2v) is 3.88. The third-order valence-electron chi connectivity index (χ3n) is 2.53. The smallest absolute Gasteiger partial charge is 0.320 e. The van der Waals surface area contributed by atoms with Crippen LogP contribution >= 0.6 is 0 Å². The Labute approximate surface area is 98.9 Å². The fraction of sp³-hybridized carbons (Fsp3) is 0.333. The molecule has 17 heavy (non-hydrogen) atoms. The Balaban J connectivity index is 2.14. The van der Waals surface area contributed by atoms with Crippen molar-refractivity contribution >= 4 is 11.9 Å². The molecule has 1 aromatic rings. The first-order chi connectivity index (χ1) is 8.16. The normalized spacial score (nSPS) is 16.2. The second kappa shape index (κ2) is 4.97. The van der Waals surface area contributed by atoms with E-state index in [1.807, 2.05) is 24.3 Å². The number of hydrogen-bond acceptors (Lipinski definition) is 4. The Morgan fingerprint density at radius 3 is 3.06 bits per heavy atom. The highest BCUT2D eigenvalue weighted by Gasteiger charge is 2.14. The van der Waals surface area contributed by atoms with Gasteiger partial charge in [0.05, 0.1) is 6.54 Å². The summed E-state index contributed by atoms with van der Waals surface area (Å²) in [6.07, 6.45) is 0.302. The van der Waals surface area contributed by atoms with Gasteiger partial charge in [0, 0.05) is 5.56 Å². The maximum Gasteiger partial charge on any atom is 0.320 e. The Hall–Kier alpha value is -1.88. The summed E-state index contributed by atoms with van der Waals surface area (Å²) in [5.41, 5.74) is 7.23. The molecule has 0 bridgehead atoms. The summed E-state index contributed by atoms with van der Waals surface area (Å²) in [6, 6.07) is 6.58. The van der Waals surface area contributed by atoms with Gasteiger partial charge in [0.15, 0.2) is 0 Å². The first-order valence-corrected chi connectivity index (χ1v) is 5.42. The average Bonchev–Trinajstić information content (AvgIpc) is 2.82. The lowest BCUT2D eigenvalue weighted by molar-refractivity contribution is -0.138. The minimum atomic E-state index is -0.995. The van der Waals surface area contributed by atoms with E-state index in [4.69, 9.17) is 15.6 Å². The van der Waals surface area contributed by atoms with E-state index in [1.54, 1.807) is 0 Å². The fourth-order valence-corrected chi connectivity index (χ4v) is 1.68. The zero-order valence-electron chi connectivity index (χ0n) is 9.30. The van der Waals surface area contributed by atoms with Crippen LogP contribution in [0.5, 0.6) is 0 Å². The van der Waals surface area contributed by atoms with Gasteiger partial charge in [0.25, 0.3) is 0 Å². The van der Waals surface area contributed by atoms with Crippen LogP contribution in [0.15, 0.2) is 29.3 Å². The maximum atomic E-state index is 10.7. The van der Waals surface area contributed by atoms with Gasteiger partial charge >= 0.3 is 5.97 Å². The highest BCUT2D eigenvalue weighted by atomic mass is 16.5. The van der Waals surface area contributed by atoms with Gasteiger partial charge in [-0.3, -0.25) is 4.79 Å². The van der Waals surface area contributed by atoms with Gasteiger partial charge in [0.1, 0.15) is 12.6 Å². The first-order valence-electron chi connectivity index (χ1n) is 5.42. The molecule has 0 amide bonds. The molecular formula is C12H14N2O3. The van der Waals surface area contributed by atoms with Gasteiger partial charge < -0.3 is 15.6 Å². The summed E-state index contributed by atoms with van der Waals surface area (Å²) in [5.74, 6) is -0.374. The molecule has 3 N–H and O–H groups in total. The molecule has 1 aliphatic rings. The van der Waals surface area contributed by atoms with Crippen LogP contribution in [0.4, 0.5) is 0 Å². The SMILES string of the molecule is NC(Cc1cccc(C2=NCCO2)c1)C(=O)O. The van der Waals surface area contributed by atoms with Crippen LogP contribution in [0.1, 0.15) is 11.1 Å². The molecule has 5 heteroatoms. The quantitative estimate of drug-likeness (QED) is 0.790. The number of carboxylic acids is 1. The van der Waals surface area contributed by atoms with Crippen LogP contribution < -0.4 is 5.73 Å². The van der Waals surface area contributed by atoms with Gasteiger partial charge in [-0.15, -0.1) is 0 Å².